The average Bonchev–Trinajstić information content (AvgIpc) is 2.67. The Bertz CT molecular complexity index is 973. The maximum Gasteiger partial charge on any atom is 0.232 e. The molecule has 0 bridgehead atoms. The van der Waals surface area contributed by atoms with E-state index in [1.807, 2.05) is 26.0 Å². The number of aryl methyl sites for hydroxylation is 2. The van der Waals surface area contributed by atoms with Crippen molar-refractivity contribution in [1.29, 1.82) is 0 Å². The van der Waals surface area contributed by atoms with E-state index in [-0.39, 0.29) is 18.9 Å². The smallest absolute Gasteiger partial charge is 0.232 e. The van der Waals surface area contributed by atoms with Crippen molar-refractivity contribution in [2.45, 2.75) is 26.7 Å². The van der Waals surface area contributed by atoms with Crippen LogP contribution in [0.1, 0.15) is 24.0 Å². The highest BCUT2D eigenvalue weighted by Crippen LogP contribution is 2.29. The predicted molar refractivity (Wildman–Crippen MR) is 116 cm³/mol. The summed E-state index contributed by atoms with van der Waals surface area (Å²) in [5.74, 6) is 0.893. The highest BCUT2D eigenvalue weighted by molar-refractivity contribution is 7.92. The Morgan fingerprint density at radius 2 is 1.76 bits per heavy atom. The number of carbonyl (C=O) groups excluding carboxylic acids is 1. The fourth-order valence-corrected chi connectivity index (χ4v) is 3.82. The van der Waals surface area contributed by atoms with Crippen molar-refractivity contribution < 1.29 is 22.7 Å². The Hall–Kier alpha value is -2.74. The molecule has 0 radical (unpaired) electrons. The number of sulfonamides is 1. The molecule has 0 saturated carbocycles. The monoisotopic (exact) mass is 420 g/mol. The van der Waals surface area contributed by atoms with Gasteiger partial charge in [-0.3, -0.25) is 9.10 Å². The molecule has 8 heteroatoms. The van der Waals surface area contributed by atoms with Gasteiger partial charge in [-0.25, -0.2) is 8.42 Å². The van der Waals surface area contributed by atoms with Crippen molar-refractivity contribution in [3.63, 3.8) is 0 Å². The number of anilines is 2. The van der Waals surface area contributed by atoms with Gasteiger partial charge < -0.3 is 14.8 Å². The molecule has 0 aliphatic carbocycles. The largest absolute Gasteiger partial charge is 0.497 e. The molecule has 2 aromatic rings. The van der Waals surface area contributed by atoms with Gasteiger partial charge in [0.05, 0.1) is 31.9 Å². The molecule has 2 rings (SSSR count). The number of rotatable bonds is 9. The third-order valence-corrected chi connectivity index (χ3v) is 5.82. The molecule has 2 aromatic carbocycles. The van der Waals surface area contributed by atoms with E-state index < -0.39 is 10.0 Å². The second-order valence-corrected chi connectivity index (χ2v) is 8.73. The van der Waals surface area contributed by atoms with Crippen molar-refractivity contribution in [3.8, 4) is 11.5 Å². The van der Waals surface area contributed by atoms with Gasteiger partial charge in [-0.15, -0.1) is 0 Å². The van der Waals surface area contributed by atoms with Gasteiger partial charge in [0, 0.05) is 19.0 Å². The van der Waals surface area contributed by atoms with Crippen LogP contribution in [-0.4, -0.2) is 41.3 Å². The number of nitrogens with one attached hydrogen (secondary N) is 1. The van der Waals surface area contributed by atoms with Crippen LogP contribution in [0, 0.1) is 13.8 Å². The number of amides is 1. The van der Waals surface area contributed by atoms with Gasteiger partial charge in [0.25, 0.3) is 0 Å². The van der Waals surface area contributed by atoms with Crippen LogP contribution in [0.5, 0.6) is 11.5 Å². The van der Waals surface area contributed by atoms with Gasteiger partial charge in [0.2, 0.25) is 15.9 Å². The van der Waals surface area contributed by atoms with Crippen molar-refractivity contribution in [2.24, 2.45) is 0 Å². The quantitative estimate of drug-likeness (QED) is 0.671. The summed E-state index contributed by atoms with van der Waals surface area (Å²) < 4.78 is 36.2. The van der Waals surface area contributed by atoms with Crippen LogP contribution in [0.15, 0.2) is 36.4 Å². The number of carbonyl (C=O) groups is 1. The molecule has 0 atom stereocenters. The van der Waals surface area contributed by atoms with Crippen molar-refractivity contribution in [1.82, 2.24) is 0 Å². The summed E-state index contributed by atoms with van der Waals surface area (Å²) in [5.41, 5.74) is 3.25. The number of hydrogen-bond donors (Lipinski definition) is 1. The standard InChI is InChI=1S/C21H28N2O5S/c1-15-8-9-17(13-16(15)2)23(29(5,25)26)12-6-7-21(24)22-19-11-10-18(27-3)14-20(19)28-4/h8-11,13-14H,6-7,12H2,1-5H3,(H,22,24). The second kappa shape index (κ2) is 9.65. The molecule has 0 unspecified atom stereocenters. The van der Waals surface area contributed by atoms with E-state index in [1.54, 1.807) is 31.4 Å². The minimum Gasteiger partial charge on any atom is -0.497 e. The van der Waals surface area contributed by atoms with Crippen LogP contribution in [0.2, 0.25) is 0 Å². The lowest BCUT2D eigenvalue weighted by Gasteiger charge is -2.23. The lowest BCUT2D eigenvalue weighted by molar-refractivity contribution is -0.116. The van der Waals surface area contributed by atoms with Gasteiger partial charge in [-0.2, -0.15) is 0 Å². The summed E-state index contributed by atoms with van der Waals surface area (Å²) in [6.07, 6.45) is 1.72. The summed E-state index contributed by atoms with van der Waals surface area (Å²) in [6, 6.07) is 10.6. The van der Waals surface area contributed by atoms with E-state index in [9.17, 15) is 13.2 Å². The SMILES string of the molecule is COc1ccc(NC(=O)CCCN(c2ccc(C)c(C)c2)S(C)(=O)=O)c(OC)c1. The van der Waals surface area contributed by atoms with E-state index in [4.69, 9.17) is 9.47 Å². The van der Waals surface area contributed by atoms with Crippen molar-refractivity contribution in [2.75, 3.05) is 36.6 Å². The zero-order chi connectivity index (χ0) is 21.6. The summed E-state index contributed by atoms with van der Waals surface area (Å²) in [6.45, 7) is 4.13. The first-order valence-corrected chi connectivity index (χ1v) is 11.1. The fraction of sp³-hybridized carbons (Fsp3) is 0.381. The Balaban J connectivity index is 2.02. The van der Waals surface area contributed by atoms with E-state index in [1.165, 1.54) is 17.7 Å². The molecule has 0 aliphatic rings. The third-order valence-electron chi connectivity index (χ3n) is 4.63. The average molecular weight is 421 g/mol. The molecule has 0 aromatic heterocycles. The van der Waals surface area contributed by atoms with Gasteiger partial charge >= 0.3 is 0 Å². The van der Waals surface area contributed by atoms with E-state index >= 15 is 0 Å². The van der Waals surface area contributed by atoms with Crippen LogP contribution in [-0.2, 0) is 14.8 Å². The summed E-state index contributed by atoms with van der Waals surface area (Å²) >= 11 is 0. The van der Waals surface area contributed by atoms with Crippen LogP contribution in [0.3, 0.4) is 0 Å². The van der Waals surface area contributed by atoms with Crippen molar-refractivity contribution >= 4 is 27.3 Å². The lowest BCUT2D eigenvalue weighted by atomic mass is 10.1. The number of methoxy groups -OCH3 is 2. The highest BCUT2D eigenvalue weighted by atomic mass is 32.2. The molecule has 7 nitrogen and oxygen atoms in total. The lowest BCUT2D eigenvalue weighted by Crippen LogP contribution is -2.31. The van der Waals surface area contributed by atoms with Gasteiger partial charge in [-0.1, -0.05) is 6.07 Å². The number of hydrogen-bond acceptors (Lipinski definition) is 5. The minimum absolute atomic E-state index is 0.173. The minimum atomic E-state index is -3.46. The Labute approximate surface area is 172 Å². The number of benzene rings is 2. The molecule has 29 heavy (non-hydrogen) atoms. The molecule has 0 spiro atoms. The van der Waals surface area contributed by atoms with Gasteiger partial charge in [0.1, 0.15) is 11.5 Å². The van der Waals surface area contributed by atoms with E-state index in [2.05, 4.69) is 5.32 Å². The van der Waals surface area contributed by atoms with Crippen LogP contribution < -0.4 is 19.1 Å². The van der Waals surface area contributed by atoms with Gasteiger partial charge in [-0.05, 0) is 55.7 Å². The first-order valence-electron chi connectivity index (χ1n) is 9.22. The van der Waals surface area contributed by atoms with Crippen LogP contribution >= 0.6 is 0 Å². The van der Waals surface area contributed by atoms with Crippen LogP contribution in [0.4, 0.5) is 11.4 Å². The molecule has 1 N–H and O–H groups in total. The fourth-order valence-electron chi connectivity index (χ4n) is 2.86. The zero-order valence-corrected chi connectivity index (χ0v) is 18.3. The molecular weight excluding hydrogens is 392 g/mol. The molecule has 158 valence electrons. The molecular formula is C21H28N2O5S. The highest BCUT2D eigenvalue weighted by Gasteiger charge is 2.18. The third kappa shape index (κ3) is 6.12. The molecule has 0 saturated heterocycles. The van der Waals surface area contributed by atoms with E-state index in [0.29, 0.717) is 29.3 Å². The maximum absolute atomic E-state index is 12.3. The second-order valence-electron chi connectivity index (χ2n) is 6.82. The Morgan fingerprint density at radius 3 is 2.34 bits per heavy atom. The van der Waals surface area contributed by atoms with E-state index in [0.717, 1.165) is 11.1 Å². The Kier molecular flexibility index (Phi) is 7.50. The first kappa shape index (κ1) is 22.5. The summed E-state index contributed by atoms with van der Waals surface area (Å²) in [5, 5.41) is 2.79. The van der Waals surface area contributed by atoms with Crippen LogP contribution in [0.25, 0.3) is 0 Å². The molecule has 0 heterocycles. The number of ether oxygens (including phenoxy) is 2. The van der Waals surface area contributed by atoms with Crippen molar-refractivity contribution in [3.05, 3.63) is 47.5 Å². The Morgan fingerprint density at radius 1 is 1.03 bits per heavy atom. The zero-order valence-electron chi connectivity index (χ0n) is 17.5. The molecule has 1 amide bonds. The maximum atomic E-state index is 12.3. The summed E-state index contributed by atoms with van der Waals surface area (Å²) in [4.78, 5) is 12.3. The first-order chi connectivity index (χ1) is 13.7. The summed E-state index contributed by atoms with van der Waals surface area (Å²) in [7, 11) is -0.391. The van der Waals surface area contributed by atoms with Gasteiger partial charge in [0.15, 0.2) is 0 Å². The molecule has 0 fully saturated rings. The normalized spacial score (nSPS) is 11.1. The predicted octanol–water partition coefficient (Wildman–Crippen LogP) is 3.51. The molecule has 0 aliphatic heterocycles. The topological polar surface area (TPSA) is 84.9 Å². The number of nitrogens with zero attached hydrogens (tertiary/aromatic N) is 1.